The highest BCUT2D eigenvalue weighted by atomic mass is 32.1. The van der Waals surface area contributed by atoms with Gasteiger partial charge in [-0.15, -0.1) is 11.3 Å². The maximum Gasteiger partial charge on any atom is 0.322 e. The number of thiophene rings is 1. The van der Waals surface area contributed by atoms with Crippen LogP contribution in [0.25, 0.3) is 0 Å². The van der Waals surface area contributed by atoms with Gasteiger partial charge in [0.1, 0.15) is 5.75 Å². The number of likely N-dealkylation sites (tertiary alicyclic amines) is 1. The molecule has 2 heterocycles. The maximum absolute atomic E-state index is 12.5. The van der Waals surface area contributed by atoms with E-state index >= 15 is 0 Å². The first-order valence-electron chi connectivity index (χ1n) is 7.03. The molecule has 0 radical (unpaired) electrons. The molecular weight excluding hydrogens is 284 g/mol. The van der Waals surface area contributed by atoms with Crippen LogP contribution in [0.2, 0.25) is 0 Å². The Hall–Kier alpha value is -2.01. The van der Waals surface area contributed by atoms with E-state index in [1.54, 1.807) is 18.4 Å². The molecular formula is C16H18N2O2S. The number of carbonyl (C=O) groups is 1. The quantitative estimate of drug-likeness (QED) is 0.926. The maximum atomic E-state index is 12.5. The van der Waals surface area contributed by atoms with Gasteiger partial charge < -0.3 is 15.0 Å². The molecule has 1 aliphatic heterocycles. The van der Waals surface area contributed by atoms with Crippen molar-refractivity contribution in [3.63, 3.8) is 0 Å². The van der Waals surface area contributed by atoms with Crippen molar-refractivity contribution in [2.75, 3.05) is 19.0 Å². The molecule has 0 saturated carbocycles. The van der Waals surface area contributed by atoms with Crippen LogP contribution in [-0.2, 0) is 0 Å². The average Bonchev–Trinajstić information content (AvgIpc) is 3.18. The molecule has 4 nitrogen and oxygen atoms in total. The predicted octanol–water partition coefficient (Wildman–Crippen LogP) is 4.13. The van der Waals surface area contributed by atoms with Gasteiger partial charge in [-0.2, -0.15) is 0 Å². The number of hydrogen-bond donors (Lipinski definition) is 1. The second-order valence-electron chi connectivity index (χ2n) is 5.03. The monoisotopic (exact) mass is 302 g/mol. The minimum Gasteiger partial charge on any atom is -0.497 e. The summed E-state index contributed by atoms with van der Waals surface area (Å²) in [5, 5.41) is 5.02. The van der Waals surface area contributed by atoms with Crippen LogP contribution in [0.4, 0.5) is 10.5 Å². The molecule has 1 saturated heterocycles. The molecule has 2 amide bonds. The van der Waals surface area contributed by atoms with Gasteiger partial charge in [-0.25, -0.2) is 4.79 Å². The van der Waals surface area contributed by atoms with Crippen LogP contribution < -0.4 is 10.1 Å². The van der Waals surface area contributed by atoms with Crippen LogP contribution in [0.15, 0.2) is 41.8 Å². The summed E-state index contributed by atoms with van der Waals surface area (Å²) in [6, 6.07) is 11.7. The number of benzene rings is 1. The molecule has 110 valence electrons. The first-order valence-corrected chi connectivity index (χ1v) is 7.91. The first-order chi connectivity index (χ1) is 10.3. The number of amides is 2. The molecule has 1 atom stereocenters. The number of urea groups is 1. The van der Waals surface area contributed by atoms with Crippen LogP contribution in [0, 0.1) is 0 Å². The Morgan fingerprint density at radius 3 is 3.05 bits per heavy atom. The molecule has 2 aromatic rings. The zero-order valence-corrected chi connectivity index (χ0v) is 12.7. The fourth-order valence-corrected chi connectivity index (χ4v) is 3.56. The van der Waals surface area contributed by atoms with Crippen LogP contribution in [0.5, 0.6) is 5.75 Å². The third-order valence-corrected chi connectivity index (χ3v) is 4.68. The topological polar surface area (TPSA) is 41.6 Å². The molecule has 1 aliphatic rings. The van der Waals surface area contributed by atoms with E-state index in [1.807, 2.05) is 35.2 Å². The van der Waals surface area contributed by atoms with Gasteiger partial charge in [0.15, 0.2) is 0 Å². The van der Waals surface area contributed by atoms with Gasteiger partial charge in [0.25, 0.3) is 0 Å². The normalized spacial score (nSPS) is 17.8. The smallest absolute Gasteiger partial charge is 0.322 e. The van der Waals surface area contributed by atoms with E-state index < -0.39 is 0 Å². The molecule has 0 spiro atoms. The highest BCUT2D eigenvalue weighted by Crippen LogP contribution is 2.34. The zero-order valence-electron chi connectivity index (χ0n) is 11.9. The number of anilines is 1. The van der Waals surface area contributed by atoms with Crippen molar-refractivity contribution in [3.8, 4) is 5.75 Å². The van der Waals surface area contributed by atoms with Gasteiger partial charge in [0.2, 0.25) is 0 Å². The summed E-state index contributed by atoms with van der Waals surface area (Å²) in [6.07, 6.45) is 2.08. The molecule has 21 heavy (non-hydrogen) atoms. The predicted molar refractivity (Wildman–Crippen MR) is 85.0 cm³/mol. The molecule has 1 N–H and O–H groups in total. The van der Waals surface area contributed by atoms with Crippen LogP contribution in [0.1, 0.15) is 23.8 Å². The van der Waals surface area contributed by atoms with Gasteiger partial charge in [-0.05, 0) is 36.4 Å². The van der Waals surface area contributed by atoms with Gasteiger partial charge in [0, 0.05) is 23.2 Å². The Bertz CT molecular complexity index is 612. The Morgan fingerprint density at radius 1 is 1.38 bits per heavy atom. The van der Waals surface area contributed by atoms with Crippen molar-refractivity contribution < 1.29 is 9.53 Å². The summed E-state index contributed by atoms with van der Waals surface area (Å²) < 4.78 is 5.18. The number of methoxy groups -OCH3 is 1. The number of nitrogens with one attached hydrogen (secondary N) is 1. The molecule has 1 fully saturated rings. The summed E-state index contributed by atoms with van der Waals surface area (Å²) >= 11 is 1.71. The zero-order chi connectivity index (χ0) is 14.7. The van der Waals surface area contributed by atoms with Crippen molar-refractivity contribution in [1.29, 1.82) is 0 Å². The summed E-state index contributed by atoms with van der Waals surface area (Å²) in [7, 11) is 1.62. The van der Waals surface area contributed by atoms with Crippen molar-refractivity contribution in [2.24, 2.45) is 0 Å². The third-order valence-electron chi connectivity index (χ3n) is 3.71. The lowest BCUT2D eigenvalue weighted by Crippen LogP contribution is -2.34. The molecule has 0 unspecified atom stereocenters. The average molecular weight is 302 g/mol. The standard InChI is InChI=1S/C16H18N2O2S/c1-20-13-6-2-5-12(11-13)17-16(19)18-9-3-7-14(18)15-8-4-10-21-15/h2,4-6,8,10-11,14H,3,7,9H2,1H3,(H,17,19)/t14-/m1/s1. The fourth-order valence-electron chi connectivity index (χ4n) is 2.68. The van der Waals surface area contributed by atoms with E-state index in [9.17, 15) is 4.79 Å². The summed E-state index contributed by atoms with van der Waals surface area (Å²) in [4.78, 5) is 15.7. The van der Waals surface area contributed by atoms with Crippen LogP contribution in [0.3, 0.4) is 0 Å². The van der Waals surface area contributed by atoms with E-state index in [0.29, 0.717) is 0 Å². The summed E-state index contributed by atoms with van der Waals surface area (Å²) in [5.74, 6) is 0.740. The number of carbonyl (C=O) groups excluding carboxylic acids is 1. The molecule has 1 aromatic carbocycles. The number of hydrogen-bond acceptors (Lipinski definition) is 3. The largest absolute Gasteiger partial charge is 0.497 e. The van der Waals surface area contributed by atoms with Gasteiger partial charge in [0.05, 0.1) is 13.2 Å². The van der Waals surface area contributed by atoms with Crippen molar-refractivity contribution in [2.45, 2.75) is 18.9 Å². The Labute approximate surface area is 128 Å². The Morgan fingerprint density at radius 2 is 2.29 bits per heavy atom. The summed E-state index contributed by atoms with van der Waals surface area (Å²) in [6.45, 7) is 0.804. The van der Waals surface area contributed by atoms with Gasteiger partial charge in [-0.3, -0.25) is 0 Å². The lowest BCUT2D eigenvalue weighted by Gasteiger charge is -2.24. The fraction of sp³-hybridized carbons (Fsp3) is 0.312. The van der Waals surface area contributed by atoms with E-state index in [-0.39, 0.29) is 12.1 Å². The van der Waals surface area contributed by atoms with Crippen LogP contribution in [-0.4, -0.2) is 24.6 Å². The van der Waals surface area contributed by atoms with E-state index in [0.717, 1.165) is 30.8 Å². The second-order valence-corrected chi connectivity index (χ2v) is 6.01. The molecule has 0 aliphatic carbocycles. The first kappa shape index (κ1) is 13.9. The third kappa shape index (κ3) is 3.03. The molecule has 1 aromatic heterocycles. The highest BCUT2D eigenvalue weighted by Gasteiger charge is 2.30. The van der Waals surface area contributed by atoms with E-state index in [2.05, 4.69) is 16.8 Å². The number of ether oxygens (including phenoxy) is 1. The van der Waals surface area contributed by atoms with Crippen molar-refractivity contribution in [3.05, 3.63) is 46.7 Å². The minimum atomic E-state index is -0.0425. The van der Waals surface area contributed by atoms with Gasteiger partial charge >= 0.3 is 6.03 Å². The molecule has 5 heteroatoms. The molecule has 3 rings (SSSR count). The second kappa shape index (κ2) is 6.18. The van der Waals surface area contributed by atoms with Gasteiger partial charge in [-0.1, -0.05) is 12.1 Å². The van der Waals surface area contributed by atoms with Crippen LogP contribution >= 0.6 is 11.3 Å². The number of nitrogens with zero attached hydrogens (tertiary/aromatic N) is 1. The minimum absolute atomic E-state index is 0.0425. The van der Waals surface area contributed by atoms with Crippen molar-refractivity contribution >= 4 is 23.1 Å². The van der Waals surface area contributed by atoms with E-state index in [4.69, 9.17) is 4.74 Å². The molecule has 0 bridgehead atoms. The summed E-state index contributed by atoms with van der Waals surface area (Å²) in [5.41, 5.74) is 0.760. The number of rotatable bonds is 3. The Balaban J connectivity index is 1.72. The SMILES string of the molecule is COc1cccc(NC(=O)N2CCC[C@@H]2c2cccs2)c1. The lowest BCUT2D eigenvalue weighted by atomic mass is 10.2. The van der Waals surface area contributed by atoms with Crippen molar-refractivity contribution in [1.82, 2.24) is 4.90 Å². The Kier molecular flexibility index (Phi) is 4.10. The highest BCUT2D eigenvalue weighted by molar-refractivity contribution is 7.10. The van der Waals surface area contributed by atoms with E-state index in [1.165, 1.54) is 4.88 Å². The lowest BCUT2D eigenvalue weighted by molar-refractivity contribution is 0.208.